The largest absolute Gasteiger partial charge is 0.355 e. The van der Waals surface area contributed by atoms with E-state index in [0.29, 0.717) is 13.1 Å². The minimum absolute atomic E-state index is 0.114. The van der Waals surface area contributed by atoms with Crippen LogP contribution in [0.5, 0.6) is 0 Å². The lowest BCUT2D eigenvalue weighted by molar-refractivity contribution is -0.122. The highest BCUT2D eigenvalue weighted by Gasteiger charge is 2.19. The van der Waals surface area contributed by atoms with Gasteiger partial charge in [0, 0.05) is 55.2 Å². The van der Waals surface area contributed by atoms with Crippen molar-refractivity contribution in [2.45, 2.75) is 13.5 Å². The van der Waals surface area contributed by atoms with Crippen LogP contribution in [0.1, 0.15) is 12.6 Å². The normalized spacial score (nSPS) is 16.1. The Kier molecular flexibility index (Phi) is 6.42. The second kappa shape index (κ2) is 8.76. The molecule has 1 aliphatic heterocycles. The van der Waals surface area contributed by atoms with Gasteiger partial charge < -0.3 is 5.32 Å². The van der Waals surface area contributed by atoms with Crippen molar-refractivity contribution in [2.75, 3.05) is 39.3 Å². The summed E-state index contributed by atoms with van der Waals surface area (Å²) in [5, 5.41) is 6.76. The zero-order chi connectivity index (χ0) is 17.6. The molecule has 1 aliphatic rings. The fraction of sp³-hybridized carbons (Fsp3) is 0.444. The van der Waals surface area contributed by atoms with Gasteiger partial charge in [-0.3, -0.25) is 14.6 Å². The molecule has 3 rings (SSSR count). The number of carbonyl (C=O) groups excluding carboxylic acids is 1. The minimum atomic E-state index is 0.114. The summed E-state index contributed by atoms with van der Waals surface area (Å²) in [6.07, 6.45) is 0. The molecule has 0 atom stereocenters. The van der Waals surface area contributed by atoms with Crippen molar-refractivity contribution in [2.24, 2.45) is 0 Å². The first-order valence-corrected chi connectivity index (χ1v) is 9.81. The van der Waals surface area contributed by atoms with E-state index in [4.69, 9.17) is 16.6 Å². The van der Waals surface area contributed by atoms with Crippen molar-refractivity contribution in [1.29, 1.82) is 0 Å². The van der Waals surface area contributed by atoms with Crippen molar-refractivity contribution in [3.63, 3.8) is 0 Å². The number of likely N-dealkylation sites (N-methyl/N-ethyl adjacent to an activating group) is 1. The number of nitrogens with one attached hydrogen (secondary N) is 1. The molecule has 0 spiro atoms. The van der Waals surface area contributed by atoms with Crippen LogP contribution in [-0.2, 0) is 11.3 Å². The van der Waals surface area contributed by atoms with Crippen LogP contribution in [0.4, 0.5) is 0 Å². The molecule has 7 heteroatoms. The Bertz CT molecular complexity index is 695. The van der Waals surface area contributed by atoms with Crippen molar-refractivity contribution < 1.29 is 4.79 Å². The molecule has 134 valence electrons. The molecule has 1 aromatic heterocycles. The smallest absolute Gasteiger partial charge is 0.234 e. The van der Waals surface area contributed by atoms with E-state index in [-0.39, 0.29) is 5.91 Å². The number of aromatic nitrogens is 1. The molecule has 1 aromatic carbocycles. The third kappa shape index (κ3) is 5.25. The summed E-state index contributed by atoms with van der Waals surface area (Å²) >= 11 is 7.61. The maximum Gasteiger partial charge on any atom is 0.234 e. The van der Waals surface area contributed by atoms with Crippen LogP contribution < -0.4 is 5.32 Å². The Morgan fingerprint density at radius 3 is 2.56 bits per heavy atom. The average Bonchev–Trinajstić information content (AvgIpc) is 3.06. The third-order valence-electron chi connectivity index (χ3n) is 4.23. The maximum atomic E-state index is 11.7. The first-order valence-electron chi connectivity index (χ1n) is 8.56. The van der Waals surface area contributed by atoms with Crippen molar-refractivity contribution in [1.82, 2.24) is 20.1 Å². The van der Waals surface area contributed by atoms with Gasteiger partial charge in [-0.05, 0) is 19.1 Å². The Balaban J connectivity index is 1.49. The number of carbonyl (C=O) groups is 1. The molecule has 25 heavy (non-hydrogen) atoms. The minimum Gasteiger partial charge on any atom is -0.355 e. The molecule has 0 saturated carbocycles. The number of benzene rings is 1. The predicted molar refractivity (Wildman–Crippen MR) is 103 cm³/mol. The number of rotatable bonds is 6. The lowest BCUT2D eigenvalue weighted by Gasteiger charge is -2.33. The maximum absolute atomic E-state index is 11.7. The van der Waals surface area contributed by atoms with Crippen molar-refractivity contribution >= 4 is 28.8 Å². The number of hydrogen-bond donors (Lipinski definition) is 1. The van der Waals surface area contributed by atoms with E-state index < -0.39 is 0 Å². The first-order chi connectivity index (χ1) is 12.1. The first kappa shape index (κ1) is 18.3. The highest BCUT2D eigenvalue weighted by molar-refractivity contribution is 7.13. The summed E-state index contributed by atoms with van der Waals surface area (Å²) < 4.78 is 0. The number of piperazine rings is 1. The van der Waals surface area contributed by atoms with Crippen LogP contribution in [0.25, 0.3) is 10.6 Å². The molecular weight excluding hydrogens is 356 g/mol. The quantitative estimate of drug-likeness (QED) is 0.839. The lowest BCUT2D eigenvalue weighted by atomic mass is 10.2. The van der Waals surface area contributed by atoms with Gasteiger partial charge in [0.15, 0.2) is 0 Å². The second-order valence-corrected chi connectivity index (χ2v) is 7.45. The second-order valence-electron chi connectivity index (χ2n) is 6.16. The van der Waals surface area contributed by atoms with E-state index in [1.54, 1.807) is 11.3 Å². The molecule has 2 heterocycles. The fourth-order valence-corrected chi connectivity index (χ4v) is 3.84. The number of hydrogen-bond acceptors (Lipinski definition) is 5. The van der Waals surface area contributed by atoms with Gasteiger partial charge >= 0.3 is 0 Å². The standard InChI is InChI=1S/C18H23ClN4OS/c1-2-20-17(24)12-23-9-7-22(8-10-23)11-16-13-25-18(21-16)14-3-5-15(19)6-4-14/h3-6,13H,2,7-12H2,1H3,(H,20,24). The molecule has 2 aromatic rings. The average molecular weight is 379 g/mol. The number of nitrogens with zero attached hydrogens (tertiary/aromatic N) is 3. The Labute approximate surface area is 157 Å². The van der Waals surface area contributed by atoms with Gasteiger partial charge in [0.25, 0.3) is 0 Å². The number of thiazole rings is 1. The summed E-state index contributed by atoms with van der Waals surface area (Å²) in [4.78, 5) is 21.0. The van der Waals surface area contributed by atoms with Crippen LogP contribution in [0.15, 0.2) is 29.6 Å². The predicted octanol–water partition coefficient (Wildman–Crippen LogP) is 2.72. The molecule has 5 nitrogen and oxygen atoms in total. The van der Waals surface area contributed by atoms with Gasteiger partial charge in [0.1, 0.15) is 5.01 Å². The lowest BCUT2D eigenvalue weighted by Crippen LogP contribution is -2.49. The van der Waals surface area contributed by atoms with E-state index in [0.717, 1.165) is 54.0 Å². The topological polar surface area (TPSA) is 48.5 Å². The van der Waals surface area contributed by atoms with E-state index in [2.05, 4.69) is 20.5 Å². The monoisotopic (exact) mass is 378 g/mol. The Morgan fingerprint density at radius 2 is 1.88 bits per heavy atom. The fourth-order valence-electron chi connectivity index (χ4n) is 2.90. The van der Waals surface area contributed by atoms with Gasteiger partial charge in [-0.1, -0.05) is 23.7 Å². The summed E-state index contributed by atoms with van der Waals surface area (Å²) in [5.74, 6) is 0.114. The molecule has 1 fully saturated rings. The van der Waals surface area contributed by atoms with Gasteiger partial charge in [-0.15, -0.1) is 11.3 Å². The molecule has 0 radical (unpaired) electrons. The summed E-state index contributed by atoms with van der Waals surface area (Å²) in [6.45, 7) is 7.77. The highest BCUT2D eigenvalue weighted by Crippen LogP contribution is 2.25. The number of halogens is 1. The SMILES string of the molecule is CCNC(=O)CN1CCN(Cc2csc(-c3ccc(Cl)cc3)n2)CC1. The highest BCUT2D eigenvalue weighted by atomic mass is 35.5. The van der Waals surface area contributed by atoms with E-state index in [9.17, 15) is 4.79 Å². The summed E-state index contributed by atoms with van der Waals surface area (Å²) in [5.41, 5.74) is 2.21. The molecule has 1 saturated heterocycles. The molecule has 0 unspecified atom stereocenters. The van der Waals surface area contributed by atoms with Crippen LogP contribution in [0.3, 0.4) is 0 Å². The zero-order valence-electron chi connectivity index (χ0n) is 14.4. The van der Waals surface area contributed by atoms with Crippen LogP contribution in [-0.4, -0.2) is 60.0 Å². The number of amides is 1. The van der Waals surface area contributed by atoms with E-state index >= 15 is 0 Å². The van der Waals surface area contributed by atoms with Gasteiger partial charge in [0.05, 0.1) is 12.2 Å². The van der Waals surface area contributed by atoms with Crippen LogP contribution >= 0.6 is 22.9 Å². The molecule has 1 N–H and O–H groups in total. The molecule has 0 aliphatic carbocycles. The van der Waals surface area contributed by atoms with E-state index in [1.807, 2.05) is 31.2 Å². The molecule has 1 amide bonds. The molecular formula is C18H23ClN4OS. The van der Waals surface area contributed by atoms with Crippen molar-refractivity contribution in [3.8, 4) is 10.6 Å². The third-order valence-corrected chi connectivity index (χ3v) is 5.43. The van der Waals surface area contributed by atoms with Gasteiger partial charge in [-0.2, -0.15) is 0 Å². The molecule has 0 bridgehead atoms. The Morgan fingerprint density at radius 1 is 1.20 bits per heavy atom. The van der Waals surface area contributed by atoms with Gasteiger partial charge in [0.2, 0.25) is 5.91 Å². The van der Waals surface area contributed by atoms with Crippen LogP contribution in [0.2, 0.25) is 5.02 Å². The zero-order valence-corrected chi connectivity index (χ0v) is 15.9. The van der Waals surface area contributed by atoms with Crippen molar-refractivity contribution in [3.05, 3.63) is 40.4 Å². The van der Waals surface area contributed by atoms with Crippen LogP contribution in [0, 0.1) is 0 Å². The van der Waals surface area contributed by atoms with E-state index in [1.165, 1.54) is 0 Å². The summed E-state index contributed by atoms with van der Waals surface area (Å²) in [6, 6.07) is 7.80. The Hall–Kier alpha value is -1.47. The summed E-state index contributed by atoms with van der Waals surface area (Å²) in [7, 11) is 0. The van der Waals surface area contributed by atoms with Gasteiger partial charge in [-0.25, -0.2) is 4.98 Å².